The van der Waals surface area contributed by atoms with Crippen LogP contribution in [0.4, 0.5) is 0 Å². The molecular formula is C16H19N3O4. The maximum absolute atomic E-state index is 12.4. The number of methoxy groups -OCH3 is 1. The topological polar surface area (TPSA) is 77.7 Å². The monoisotopic (exact) mass is 317 g/mol. The Morgan fingerprint density at radius 3 is 2.83 bits per heavy atom. The summed E-state index contributed by atoms with van der Waals surface area (Å²) in [6.45, 7) is 1.06. The number of hydrogen-bond acceptors (Lipinski definition) is 6. The van der Waals surface area contributed by atoms with E-state index in [-0.39, 0.29) is 11.9 Å². The van der Waals surface area contributed by atoms with Crippen molar-refractivity contribution in [2.45, 2.75) is 25.3 Å². The van der Waals surface area contributed by atoms with E-state index in [9.17, 15) is 4.79 Å². The average molecular weight is 317 g/mol. The van der Waals surface area contributed by atoms with Gasteiger partial charge in [0.05, 0.1) is 26.2 Å². The molecule has 122 valence electrons. The SMILES string of the molecule is COc1ccc(OCCC(=O)N2CCCC2c2ncon2)cc1. The first-order valence-electron chi connectivity index (χ1n) is 7.60. The van der Waals surface area contributed by atoms with Gasteiger partial charge in [-0.2, -0.15) is 4.98 Å². The normalized spacial score (nSPS) is 17.3. The molecule has 7 nitrogen and oxygen atoms in total. The molecule has 1 aliphatic heterocycles. The minimum Gasteiger partial charge on any atom is -0.497 e. The summed E-state index contributed by atoms with van der Waals surface area (Å²) in [4.78, 5) is 18.2. The van der Waals surface area contributed by atoms with Gasteiger partial charge in [0.15, 0.2) is 5.82 Å². The Morgan fingerprint density at radius 2 is 2.13 bits per heavy atom. The van der Waals surface area contributed by atoms with E-state index in [0.717, 1.165) is 30.9 Å². The van der Waals surface area contributed by atoms with Crippen LogP contribution in [0.3, 0.4) is 0 Å². The van der Waals surface area contributed by atoms with E-state index < -0.39 is 0 Å². The smallest absolute Gasteiger partial charge is 0.226 e. The van der Waals surface area contributed by atoms with Crippen LogP contribution in [0.25, 0.3) is 0 Å². The molecule has 2 aromatic rings. The van der Waals surface area contributed by atoms with Gasteiger partial charge in [-0.3, -0.25) is 4.79 Å². The summed E-state index contributed by atoms with van der Waals surface area (Å²) in [5.74, 6) is 2.11. The molecule has 1 aromatic carbocycles. The molecule has 7 heteroatoms. The Hall–Kier alpha value is -2.57. The molecule has 1 atom stereocenters. The molecular weight excluding hydrogens is 298 g/mol. The predicted octanol–water partition coefficient (Wildman–Crippen LogP) is 2.21. The van der Waals surface area contributed by atoms with Crippen molar-refractivity contribution in [3.8, 4) is 11.5 Å². The molecule has 1 fully saturated rings. The van der Waals surface area contributed by atoms with Crippen LogP contribution >= 0.6 is 0 Å². The second kappa shape index (κ2) is 7.13. The zero-order valence-corrected chi connectivity index (χ0v) is 13.0. The van der Waals surface area contributed by atoms with Crippen molar-refractivity contribution in [1.29, 1.82) is 0 Å². The third-order valence-electron chi connectivity index (χ3n) is 3.89. The number of aromatic nitrogens is 2. The Kier molecular flexibility index (Phi) is 4.75. The molecule has 0 N–H and O–H groups in total. The Balaban J connectivity index is 1.50. The van der Waals surface area contributed by atoms with Crippen LogP contribution in [0, 0.1) is 0 Å². The van der Waals surface area contributed by atoms with Crippen LogP contribution in [0.2, 0.25) is 0 Å². The van der Waals surface area contributed by atoms with Crippen molar-refractivity contribution in [3.63, 3.8) is 0 Å². The highest BCUT2D eigenvalue weighted by molar-refractivity contribution is 5.77. The van der Waals surface area contributed by atoms with Gasteiger partial charge in [-0.15, -0.1) is 0 Å². The van der Waals surface area contributed by atoms with Gasteiger partial charge in [0.2, 0.25) is 12.3 Å². The quantitative estimate of drug-likeness (QED) is 0.813. The van der Waals surface area contributed by atoms with Gasteiger partial charge >= 0.3 is 0 Å². The first-order chi connectivity index (χ1) is 11.3. The molecule has 3 rings (SSSR count). The summed E-state index contributed by atoms with van der Waals surface area (Å²) < 4.78 is 15.5. The number of rotatable bonds is 6. The van der Waals surface area contributed by atoms with Crippen molar-refractivity contribution in [2.24, 2.45) is 0 Å². The first kappa shape index (κ1) is 15.3. The highest BCUT2D eigenvalue weighted by atomic mass is 16.5. The van der Waals surface area contributed by atoms with Crippen LogP contribution in [0.5, 0.6) is 11.5 Å². The molecule has 0 saturated carbocycles. The lowest BCUT2D eigenvalue weighted by Gasteiger charge is -2.22. The molecule has 1 unspecified atom stereocenters. The van der Waals surface area contributed by atoms with E-state index in [1.165, 1.54) is 6.39 Å². The lowest BCUT2D eigenvalue weighted by atomic mass is 10.2. The van der Waals surface area contributed by atoms with Crippen molar-refractivity contribution < 1.29 is 18.8 Å². The highest BCUT2D eigenvalue weighted by Crippen LogP contribution is 2.30. The van der Waals surface area contributed by atoms with Crippen molar-refractivity contribution in [2.75, 3.05) is 20.3 Å². The van der Waals surface area contributed by atoms with E-state index >= 15 is 0 Å². The van der Waals surface area contributed by atoms with Gasteiger partial charge in [-0.25, -0.2) is 0 Å². The average Bonchev–Trinajstić information content (AvgIpc) is 3.26. The number of carbonyl (C=O) groups is 1. The maximum Gasteiger partial charge on any atom is 0.226 e. The number of ether oxygens (including phenoxy) is 2. The van der Waals surface area contributed by atoms with Crippen LogP contribution in [0.1, 0.15) is 31.1 Å². The van der Waals surface area contributed by atoms with E-state index in [0.29, 0.717) is 18.9 Å². The van der Waals surface area contributed by atoms with Gasteiger partial charge in [-0.1, -0.05) is 5.16 Å². The van der Waals surface area contributed by atoms with Crippen molar-refractivity contribution in [1.82, 2.24) is 15.0 Å². The van der Waals surface area contributed by atoms with E-state index in [1.807, 2.05) is 29.2 Å². The Labute approximate surface area is 134 Å². The summed E-state index contributed by atoms with van der Waals surface area (Å²) in [6, 6.07) is 7.21. The third-order valence-corrected chi connectivity index (χ3v) is 3.89. The number of nitrogens with zero attached hydrogens (tertiary/aromatic N) is 3. The molecule has 2 heterocycles. The van der Waals surface area contributed by atoms with Crippen molar-refractivity contribution >= 4 is 5.91 Å². The fourth-order valence-corrected chi connectivity index (χ4v) is 2.73. The maximum atomic E-state index is 12.4. The predicted molar refractivity (Wildman–Crippen MR) is 81.1 cm³/mol. The molecule has 0 aliphatic carbocycles. The van der Waals surface area contributed by atoms with Crippen LogP contribution in [-0.4, -0.2) is 41.2 Å². The number of hydrogen-bond donors (Lipinski definition) is 0. The Morgan fingerprint density at radius 1 is 1.35 bits per heavy atom. The summed E-state index contributed by atoms with van der Waals surface area (Å²) in [7, 11) is 1.62. The second-order valence-corrected chi connectivity index (χ2v) is 5.31. The number of amides is 1. The summed E-state index contributed by atoms with van der Waals surface area (Å²) >= 11 is 0. The standard InChI is InChI=1S/C16H19N3O4/c1-21-12-4-6-13(7-5-12)22-10-8-15(20)19-9-2-3-14(19)16-17-11-23-18-16/h4-7,11,14H,2-3,8-10H2,1H3. The van der Waals surface area contributed by atoms with E-state index in [1.54, 1.807) is 7.11 Å². The number of carbonyl (C=O) groups excluding carboxylic acids is 1. The van der Waals surface area contributed by atoms with Crippen LogP contribution in [0.15, 0.2) is 35.2 Å². The molecule has 1 aromatic heterocycles. The van der Waals surface area contributed by atoms with E-state index in [2.05, 4.69) is 10.1 Å². The zero-order chi connectivity index (χ0) is 16.1. The fourth-order valence-electron chi connectivity index (χ4n) is 2.73. The molecule has 1 saturated heterocycles. The summed E-state index contributed by atoms with van der Waals surface area (Å²) in [5.41, 5.74) is 0. The summed E-state index contributed by atoms with van der Waals surface area (Å²) in [5, 5.41) is 3.85. The van der Waals surface area contributed by atoms with Gasteiger partial charge in [0.25, 0.3) is 0 Å². The van der Waals surface area contributed by atoms with Gasteiger partial charge in [-0.05, 0) is 37.1 Å². The second-order valence-electron chi connectivity index (χ2n) is 5.31. The molecule has 1 amide bonds. The molecule has 23 heavy (non-hydrogen) atoms. The third kappa shape index (κ3) is 3.61. The number of benzene rings is 1. The van der Waals surface area contributed by atoms with Crippen molar-refractivity contribution in [3.05, 3.63) is 36.5 Å². The molecule has 0 radical (unpaired) electrons. The van der Waals surface area contributed by atoms with Gasteiger partial charge in [0, 0.05) is 6.54 Å². The minimum atomic E-state index is -0.0813. The lowest BCUT2D eigenvalue weighted by Crippen LogP contribution is -2.32. The van der Waals surface area contributed by atoms with Gasteiger partial charge < -0.3 is 18.9 Å². The fraction of sp³-hybridized carbons (Fsp3) is 0.438. The zero-order valence-electron chi connectivity index (χ0n) is 13.0. The van der Waals surface area contributed by atoms with E-state index in [4.69, 9.17) is 14.0 Å². The van der Waals surface area contributed by atoms with Gasteiger partial charge in [0.1, 0.15) is 11.5 Å². The highest BCUT2D eigenvalue weighted by Gasteiger charge is 2.32. The Bertz CT molecular complexity index is 627. The summed E-state index contributed by atoms with van der Waals surface area (Å²) in [6.07, 6.45) is 3.43. The minimum absolute atomic E-state index is 0.0470. The van der Waals surface area contributed by atoms with Crippen LogP contribution in [-0.2, 0) is 4.79 Å². The van der Waals surface area contributed by atoms with Crippen LogP contribution < -0.4 is 9.47 Å². The molecule has 0 spiro atoms. The first-order valence-corrected chi connectivity index (χ1v) is 7.60. The molecule has 0 bridgehead atoms. The lowest BCUT2D eigenvalue weighted by molar-refractivity contribution is -0.132. The number of likely N-dealkylation sites (tertiary alicyclic amines) is 1. The molecule has 1 aliphatic rings. The largest absolute Gasteiger partial charge is 0.497 e.